The standard InChI is InChI=1S/C22H13BrClNO2/c23-19-7-3-17(4-8-19)22(26)27-21-11-1-15(2-12-21)13-18(14-25)16-5-9-20(24)10-6-16/h1-13H/b18-13-. The van der Waals surface area contributed by atoms with Gasteiger partial charge in [0, 0.05) is 9.50 Å². The van der Waals surface area contributed by atoms with Gasteiger partial charge in [0.1, 0.15) is 5.75 Å². The molecule has 3 rings (SSSR count). The molecule has 3 aromatic rings. The maximum atomic E-state index is 12.1. The smallest absolute Gasteiger partial charge is 0.343 e. The van der Waals surface area contributed by atoms with E-state index >= 15 is 0 Å². The predicted octanol–water partition coefficient (Wildman–Crippen LogP) is 6.39. The lowest BCUT2D eigenvalue weighted by Gasteiger charge is -2.05. The molecule has 0 amide bonds. The number of allylic oxidation sites excluding steroid dienone is 1. The molecule has 5 heteroatoms. The lowest BCUT2D eigenvalue weighted by Crippen LogP contribution is -2.08. The van der Waals surface area contributed by atoms with Crippen LogP contribution in [0.5, 0.6) is 5.75 Å². The Bertz CT molecular complexity index is 1020. The fraction of sp³-hybridized carbons (Fsp3) is 0. The van der Waals surface area contributed by atoms with Crippen LogP contribution in [-0.4, -0.2) is 5.97 Å². The summed E-state index contributed by atoms with van der Waals surface area (Å²) >= 11 is 9.21. The number of benzene rings is 3. The van der Waals surface area contributed by atoms with E-state index < -0.39 is 5.97 Å². The minimum absolute atomic E-state index is 0.426. The van der Waals surface area contributed by atoms with Crippen molar-refractivity contribution in [3.63, 3.8) is 0 Å². The van der Waals surface area contributed by atoms with Crippen molar-refractivity contribution in [1.29, 1.82) is 5.26 Å². The SMILES string of the molecule is N#C/C(=C/c1ccc(OC(=O)c2ccc(Br)cc2)cc1)c1ccc(Cl)cc1. The molecule has 0 spiro atoms. The van der Waals surface area contributed by atoms with E-state index in [0.717, 1.165) is 15.6 Å². The van der Waals surface area contributed by atoms with Gasteiger partial charge in [0.2, 0.25) is 0 Å². The Morgan fingerprint density at radius 2 is 1.52 bits per heavy atom. The fourth-order valence-corrected chi connectivity index (χ4v) is 2.75. The summed E-state index contributed by atoms with van der Waals surface area (Å²) in [4.78, 5) is 12.1. The monoisotopic (exact) mass is 437 g/mol. The third-order valence-corrected chi connectivity index (χ3v) is 4.54. The third-order valence-electron chi connectivity index (χ3n) is 3.76. The van der Waals surface area contributed by atoms with Gasteiger partial charge in [0.05, 0.1) is 17.2 Å². The lowest BCUT2D eigenvalue weighted by atomic mass is 10.0. The van der Waals surface area contributed by atoms with Crippen LogP contribution in [0.4, 0.5) is 0 Å². The second-order valence-electron chi connectivity index (χ2n) is 5.64. The molecule has 3 nitrogen and oxygen atoms in total. The number of ether oxygens (including phenoxy) is 1. The molecule has 0 bridgehead atoms. The first-order chi connectivity index (χ1) is 13.0. The molecule has 0 aromatic heterocycles. The number of hydrogen-bond acceptors (Lipinski definition) is 3. The van der Waals surface area contributed by atoms with Crippen LogP contribution in [0.2, 0.25) is 5.02 Å². The largest absolute Gasteiger partial charge is 0.423 e. The number of rotatable bonds is 4. The molecule has 0 aliphatic carbocycles. The third kappa shape index (κ3) is 5.07. The molecule has 0 aliphatic heterocycles. The molecular weight excluding hydrogens is 426 g/mol. The van der Waals surface area contributed by atoms with Crippen LogP contribution < -0.4 is 4.74 Å². The van der Waals surface area contributed by atoms with Crippen LogP contribution in [0.15, 0.2) is 77.3 Å². The van der Waals surface area contributed by atoms with Crippen LogP contribution in [0, 0.1) is 11.3 Å². The molecule has 132 valence electrons. The highest BCUT2D eigenvalue weighted by Gasteiger charge is 2.08. The van der Waals surface area contributed by atoms with Gasteiger partial charge in [-0.2, -0.15) is 5.26 Å². The topological polar surface area (TPSA) is 50.1 Å². The minimum atomic E-state index is -0.426. The molecule has 0 heterocycles. The van der Waals surface area contributed by atoms with Gasteiger partial charge < -0.3 is 4.74 Å². The Labute approximate surface area is 170 Å². The second-order valence-corrected chi connectivity index (χ2v) is 6.99. The number of halogens is 2. The Morgan fingerprint density at radius 3 is 2.11 bits per heavy atom. The summed E-state index contributed by atoms with van der Waals surface area (Å²) in [5.41, 5.74) is 2.60. The van der Waals surface area contributed by atoms with Crippen molar-refractivity contribution in [3.05, 3.63) is 99.0 Å². The van der Waals surface area contributed by atoms with Crippen molar-refractivity contribution in [2.75, 3.05) is 0 Å². The number of carbonyl (C=O) groups is 1. The van der Waals surface area contributed by atoms with Crippen LogP contribution >= 0.6 is 27.5 Å². The summed E-state index contributed by atoms with van der Waals surface area (Å²) in [6, 6.07) is 23.2. The highest BCUT2D eigenvalue weighted by Crippen LogP contribution is 2.22. The van der Waals surface area contributed by atoms with Crippen molar-refractivity contribution in [2.24, 2.45) is 0 Å². The van der Waals surface area contributed by atoms with Gasteiger partial charge >= 0.3 is 5.97 Å². The van der Waals surface area contributed by atoms with Crippen molar-refractivity contribution < 1.29 is 9.53 Å². The van der Waals surface area contributed by atoms with Gasteiger partial charge in [-0.25, -0.2) is 4.79 Å². The Hall–Kier alpha value is -2.87. The van der Waals surface area contributed by atoms with Crippen molar-refractivity contribution in [2.45, 2.75) is 0 Å². The maximum absolute atomic E-state index is 12.1. The number of hydrogen-bond donors (Lipinski definition) is 0. The molecule has 0 radical (unpaired) electrons. The van der Waals surface area contributed by atoms with Crippen LogP contribution in [0.25, 0.3) is 11.6 Å². The summed E-state index contributed by atoms with van der Waals surface area (Å²) in [6.45, 7) is 0. The number of nitriles is 1. The number of carbonyl (C=O) groups excluding carboxylic acids is 1. The van der Waals surface area contributed by atoms with Gasteiger partial charge in [-0.1, -0.05) is 51.8 Å². The van der Waals surface area contributed by atoms with Gasteiger partial charge in [-0.05, 0) is 65.7 Å². The Balaban J connectivity index is 1.74. The van der Waals surface area contributed by atoms with E-state index in [2.05, 4.69) is 22.0 Å². The minimum Gasteiger partial charge on any atom is -0.423 e. The first kappa shape index (κ1) is 18.9. The van der Waals surface area contributed by atoms with Crippen molar-refractivity contribution >= 4 is 45.1 Å². The van der Waals surface area contributed by atoms with Gasteiger partial charge in [-0.15, -0.1) is 0 Å². The molecule has 0 N–H and O–H groups in total. The molecule has 0 fully saturated rings. The van der Waals surface area contributed by atoms with E-state index in [1.54, 1.807) is 78.9 Å². The zero-order valence-corrected chi connectivity index (χ0v) is 16.4. The normalized spacial score (nSPS) is 10.9. The first-order valence-electron chi connectivity index (χ1n) is 8.01. The first-order valence-corrected chi connectivity index (χ1v) is 9.18. The van der Waals surface area contributed by atoms with Gasteiger partial charge in [0.25, 0.3) is 0 Å². The second kappa shape index (κ2) is 8.68. The molecular formula is C22H13BrClNO2. The fourth-order valence-electron chi connectivity index (χ4n) is 2.36. The van der Waals surface area contributed by atoms with E-state index in [0.29, 0.717) is 21.9 Å². The summed E-state index contributed by atoms with van der Waals surface area (Å²) in [5, 5.41) is 10.0. The average Bonchev–Trinajstić information content (AvgIpc) is 2.68. The number of esters is 1. The van der Waals surface area contributed by atoms with Crippen LogP contribution in [0.1, 0.15) is 21.5 Å². The van der Waals surface area contributed by atoms with E-state index in [1.165, 1.54) is 0 Å². The highest BCUT2D eigenvalue weighted by molar-refractivity contribution is 9.10. The van der Waals surface area contributed by atoms with E-state index in [9.17, 15) is 10.1 Å². The molecule has 0 unspecified atom stereocenters. The summed E-state index contributed by atoms with van der Waals surface area (Å²) in [5.74, 6) is 0.00902. The van der Waals surface area contributed by atoms with Gasteiger partial charge in [-0.3, -0.25) is 0 Å². The zero-order valence-electron chi connectivity index (χ0n) is 14.0. The van der Waals surface area contributed by atoms with Crippen molar-refractivity contribution in [1.82, 2.24) is 0 Å². The maximum Gasteiger partial charge on any atom is 0.343 e. The highest BCUT2D eigenvalue weighted by atomic mass is 79.9. The van der Waals surface area contributed by atoms with Gasteiger partial charge in [0.15, 0.2) is 0 Å². The van der Waals surface area contributed by atoms with E-state index in [4.69, 9.17) is 16.3 Å². The molecule has 27 heavy (non-hydrogen) atoms. The average molecular weight is 439 g/mol. The van der Waals surface area contributed by atoms with Crippen LogP contribution in [-0.2, 0) is 0 Å². The Morgan fingerprint density at radius 1 is 0.926 bits per heavy atom. The molecule has 0 saturated carbocycles. The molecule has 0 atom stereocenters. The molecule has 0 saturated heterocycles. The lowest BCUT2D eigenvalue weighted by molar-refractivity contribution is 0.0734. The van der Waals surface area contributed by atoms with Crippen LogP contribution in [0.3, 0.4) is 0 Å². The summed E-state index contributed by atoms with van der Waals surface area (Å²) in [7, 11) is 0. The summed E-state index contributed by atoms with van der Waals surface area (Å²) < 4.78 is 6.26. The summed E-state index contributed by atoms with van der Waals surface area (Å²) in [6.07, 6.45) is 1.77. The van der Waals surface area contributed by atoms with E-state index in [-0.39, 0.29) is 0 Å². The van der Waals surface area contributed by atoms with E-state index in [1.807, 2.05) is 0 Å². The molecule has 0 aliphatic rings. The van der Waals surface area contributed by atoms with Crippen molar-refractivity contribution in [3.8, 4) is 11.8 Å². The molecule has 3 aromatic carbocycles. The predicted molar refractivity (Wildman–Crippen MR) is 110 cm³/mol. The zero-order chi connectivity index (χ0) is 19.2. The Kier molecular flexibility index (Phi) is 6.08. The number of nitrogens with zero attached hydrogens (tertiary/aromatic N) is 1. The quantitative estimate of drug-likeness (QED) is 0.205.